The molecule has 0 aliphatic carbocycles. The highest BCUT2D eigenvalue weighted by molar-refractivity contribution is 5.78. The third-order valence-corrected chi connectivity index (χ3v) is 3.79. The Kier molecular flexibility index (Phi) is 6.40. The smallest absolute Gasteiger partial charge is 0.223 e. The zero-order valence-electron chi connectivity index (χ0n) is 12.8. The first-order valence-electron chi connectivity index (χ1n) is 7.70. The van der Waals surface area contributed by atoms with Gasteiger partial charge in [-0.25, -0.2) is 4.39 Å². The molecule has 1 atom stereocenters. The topological polar surface area (TPSA) is 41.6 Å². The van der Waals surface area contributed by atoms with Crippen LogP contribution in [0.3, 0.4) is 0 Å². The number of likely N-dealkylation sites (tertiary alicyclic amines) is 1. The van der Waals surface area contributed by atoms with Crippen molar-refractivity contribution in [3.05, 3.63) is 42.7 Å². The van der Waals surface area contributed by atoms with Crippen molar-refractivity contribution in [3.8, 4) is 5.75 Å². The molecule has 120 valence electrons. The second kappa shape index (κ2) is 8.54. The van der Waals surface area contributed by atoms with E-state index in [1.807, 2.05) is 4.90 Å². The molecule has 1 N–H and O–H groups in total. The number of nitrogens with zero attached hydrogens (tertiary/aromatic N) is 1. The summed E-state index contributed by atoms with van der Waals surface area (Å²) in [7, 11) is 0. The highest BCUT2D eigenvalue weighted by Gasteiger charge is 2.29. The van der Waals surface area contributed by atoms with Gasteiger partial charge in [-0.05, 0) is 43.7 Å². The predicted molar refractivity (Wildman–Crippen MR) is 84.3 cm³/mol. The summed E-state index contributed by atoms with van der Waals surface area (Å²) in [5, 5.41) is 3.31. The number of benzene rings is 1. The molecule has 1 fully saturated rings. The van der Waals surface area contributed by atoms with Crippen LogP contribution in [-0.2, 0) is 4.79 Å². The van der Waals surface area contributed by atoms with Crippen LogP contribution < -0.4 is 10.1 Å². The van der Waals surface area contributed by atoms with E-state index >= 15 is 0 Å². The number of nitrogens with one attached hydrogen (secondary N) is 1. The summed E-state index contributed by atoms with van der Waals surface area (Å²) in [5.41, 5.74) is 0. The molecule has 0 bridgehead atoms. The molecule has 5 heteroatoms. The van der Waals surface area contributed by atoms with Gasteiger partial charge in [-0.15, -0.1) is 6.58 Å². The SMILES string of the molecule is C=CCN1C(=O)CC[C@@H]1CCNCCOc1ccc(F)cc1. The van der Waals surface area contributed by atoms with Crippen LogP contribution >= 0.6 is 0 Å². The maximum Gasteiger partial charge on any atom is 0.223 e. The lowest BCUT2D eigenvalue weighted by molar-refractivity contribution is -0.128. The summed E-state index contributed by atoms with van der Waals surface area (Å²) in [6.07, 6.45) is 4.29. The van der Waals surface area contributed by atoms with Gasteiger partial charge >= 0.3 is 0 Å². The highest BCUT2D eigenvalue weighted by Crippen LogP contribution is 2.20. The minimum absolute atomic E-state index is 0.226. The first-order chi connectivity index (χ1) is 10.7. The second-order valence-electron chi connectivity index (χ2n) is 5.37. The van der Waals surface area contributed by atoms with E-state index in [0.29, 0.717) is 31.4 Å². The highest BCUT2D eigenvalue weighted by atomic mass is 19.1. The molecule has 0 unspecified atom stereocenters. The number of rotatable bonds is 9. The van der Waals surface area contributed by atoms with Crippen LogP contribution in [0.2, 0.25) is 0 Å². The molecule has 1 aromatic carbocycles. The minimum Gasteiger partial charge on any atom is -0.492 e. The van der Waals surface area contributed by atoms with E-state index < -0.39 is 0 Å². The molecule has 1 amide bonds. The van der Waals surface area contributed by atoms with Crippen LogP contribution in [0, 0.1) is 5.82 Å². The summed E-state index contributed by atoms with van der Waals surface area (Å²) < 4.78 is 18.2. The van der Waals surface area contributed by atoms with Crippen LogP contribution in [-0.4, -0.2) is 43.1 Å². The van der Waals surface area contributed by atoms with E-state index in [9.17, 15) is 9.18 Å². The lowest BCUT2D eigenvalue weighted by atomic mass is 10.1. The van der Waals surface area contributed by atoms with Crippen molar-refractivity contribution in [3.63, 3.8) is 0 Å². The molecule has 0 saturated carbocycles. The largest absolute Gasteiger partial charge is 0.492 e. The van der Waals surface area contributed by atoms with Gasteiger partial charge in [0.25, 0.3) is 0 Å². The molecule has 1 aromatic rings. The lowest BCUT2D eigenvalue weighted by Crippen LogP contribution is -2.35. The lowest BCUT2D eigenvalue weighted by Gasteiger charge is -2.23. The van der Waals surface area contributed by atoms with Crippen molar-refractivity contribution in [2.45, 2.75) is 25.3 Å². The minimum atomic E-state index is -0.263. The van der Waals surface area contributed by atoms with Crippen molar-refractivity contribution in [1.29, 1.82) is 0 Å². The van der Waals surface area contributed by atoms with Gasteiger partial charge in [-0.1, -0.05) is 6.08 Å². The molecule has 2 rings (SSSR count). The van der Waals surface area contributed by atoms with E-state index in [4.69, 9.17) is 4.74 Å². The molecule has 1 heterocycles. The molecule has 1 aliphatic rings. The number of hydrogen-bond donors (Lipinski definition) is 1. The van der Waals surface area contributed by atoms with E-state index in [1.165, 1.54) is 12.1 Å². The fraction of sp³-hybridized carbons (Fsp3) is 0.471. The van der Waals surface area contributed by atoms with Crippen molar-refractivity contribution < 1.29 is 13.9 Å². The molecule has 22 heavy (non-hydrogen) atoms. The molecular weight excluding hydrogens is 283 g/mol. The van der Waals surface area contributed by atoms with Gasteiger partial charge in [0.1, 0.15) is 18.2 Å². The number of carbonyl (C=O) groups excluding carboxylic acids is 1. The Labute approximate surface area is 131 Å². The normalized spacial score (nSPS) is 17.8. The fourth-order valence-corrected chi connectivity index (χ4v) is 2.65. The number of amides is 1. The van der Waals surface area contributed by atoms with E-state index in [0.717, 1.165) is 25.9 Å². The van der Waals surface area contributed by atoms with Crippen LogP contribution in [0.5, 0.6) is 5.75 Å². The van der Waals surface area contributed by atoms with Gasteiger partial charge < -0.3 is 15.0 Å². The summed E-state index contributed by atoms with van der Waals surface area (Å²) in [6, 6.07) is 6.32. The third kappa shape index (κ3) is 4.84. The summed E-state index contributed by atoms with van der Waals surface area (Å²) in [4.78, 5) is 13.6. The summed E-state index contributed by atoms with van der Waals surface area (Å²) in [5.74, 6) is 0.631. The molecule has 0 aromatic heterocycles. The molecular formula is C17H23FN2O2. The van der Waals surface area contributed by atoms with Gasteiger partial charge in [0.15, 0.2) is 0 Å². The van der Waals surface area contributed by atoms with Crippen molar-refractivity contribution in [2.75, 3.05) is 26.2 Å². The van der Waals surface area contributed by atoms with Crippen LogP contribution in [0.1, 0.15) is 19.3 Å². The molecule has 1 saturated heterocycles. The van der Waals surface area contributed by atoms with E-state index in [-0.39, 0.29) is 11.7 Å². The Morgan fingerprint density at radius 1 is 1.36 bits per heavy atom. The molecule has 0 spiro atoms. The maximum absolute atomic E-state index is 12.7. The van der Waals surface area contributed by atoms with Crippen molar-refractivity contribution >= 4 is 5.91 Å². The number of hydrogen-bond acceptors (Lipinski definition) is 3. The zero-order chi connectivity index (χ0) is 15.8. The second-order valence-corrected chi connectivity index (χ2v) is 5.37. The average molecular weight is 306 g/mol. The van der Waals surface area contributed by atoms with Gasteiger partial charge in [0.05, 0.1) is 0 Å². The third-order valence-electron chi connectivity index (χ3n) is 3.79. The maximum atomic E-state index is 12.7. The Morgan fingerprint density at radius 3 is 2.86 bits per heavy atom. The van der Waals surface area contributed by atoms with Gasteiger partial charge in [-0.2, -0.15) is 0 Å². The standard InChI is InChI=1S/C17H23FN2O2/c1-2-12-20-15(5-8-17(20)21)9-10-19-11-13-22-16-6-3-14(18)4-7-16/h2-4,6-7,15,19H,1,5,8-13H2/t15-/m1/s1. The van der Waals surface area contributed by atoms with E-state index in [2.05, 4.69) is 11.9 Å². The van der Waals surface area contributed by atoms with Gasteiger partial charge in [-0.3, -0.25) is 4.79 Å². The average Bonchev–Trinajstić information content (AvgIpc) is 2.86. The Morgan fingerprint density at radius 2 is 2.14 bits per heavy atom. The molecule has 4 nitrogen and oxygen atoms in total. The first kappa shape index (κ1) is 16.5. The number of halogens is 1. The Hall–Kier alpha value is -1.88. The van der Waals surface area contributed by atoms with E-state index in [1.54, 1.807) is 18.2 Å². The Balaban J connectivity index is 1.58. The first-order valence-corrected chi connectivity index (χ1v) is 7.70. The van der Waals surface area contributed by atoms with Gasteiger partial charge in [0, 0.05) is 25.6 Å². The summed E-state index contributed by atoms with van der Waals surface area (Å²) in [6.45, 7) is 6.44. The van der Waals surface area contributed by atoms with Crippen LogP contribution in [0.4, 0.5) is 4.39 Å². The quantitative estimate of drug-likeness (QED) is 0.562. The fourth-order valence-electron chi connectivity index (χ4n) is 2.65. The Bertz CT molecular complexity index is 490. The number of ether oxygens (including phenoxy) is 1. The van der Waals surface area contributed by atoms with Crippen molar-refractivity contribution in [2.24, 2.45) is 0 Å². The van der Waals surface area contributed by atoms with Crippen molar-refractivity contribution in [1.82, 2.24) is 10.2 Å². The predicted octanol–water partition coefficient (Wildman–Crippen LogP) is 2.36. The zero-order valence-corrected chi connectivity index (χ0v) is 12.8. The van der Waals surface area contributed by atoms with Gasteiger partial charge in [0.2, 0.25) is 5.91 Å². The number of carbonyl (C=O) groups is 1. The van der Waals surface area contributed by atoms with Crippen LogP contribution in [0.25, 0.3) is 0 Å². The molecule has 1 aliphatic heterocycles. The monoisotopic (exact) mass is 306 g/mol. The van der Waals surface area contributed by atoms with Crippen LogP contribution in [0.15, 0.2) is 36.9 Å². The summed E-state index contributed by atoms with van der Waals surface area (Å²) >= 11 is 0. The molecule has 0 radical (unpaired) electrons.